The number of nitrogens with one attached hydrogen (secondary N) is 1. The quantitative estimate of drug-likeness (QED) is 0.591. The summed E-state index contributed by atoms with van der Waals surface area (Å²) in [4.78, 5) is 9.39. The maximum atomic E-state index is 4.72. The maximum absolute atomic E-state index is 4.72. The van der Waals surface area contributed by atoms with E-state index in [4.69, 9.17) is 4.98 Å². The summed E-state index contributed by atoms with van der Waals surface area (Å²) in [5.41, 5.74) is 1.18. The number of thioether (sulfide) groups is 1. The Morgan fingerprint density at radius 3 is 2.37 bits per heavy atom. The Kier molecular flexibility index (Phi) is 6.63. The Morgan fingerprint density at radius 2 is 1.84 bits per heavy atom. The van der Waals surface area contributed by atoms with Gasteiger partial charge in [0.05, 0.1) is 0 Å². The highest BCUT2D eigenvalue weighted by atomic mass is 32.2. The van der Waals surface area contributed by atoms with Crippen molar-refractivity contribution < 1.29 is 0 Å². The Labute approximate surface area is 122 Å². The van der Waals surface area contributed by atoms with Gasteiger partial charge in [0.15, 0.2) is 0 Å². The SMILES string of the molecule is CCCNc1nc(C(C)C)nc(SCC(C)C)c1C. The normalized spacial score (nSPS) is 11.4. The highest BCUT2D eigenvalue weighted by molar-refractivity contribution is 7.99. The van der Waals surface area contributed by atoms with Crippen molar-refractivity contribution >= 4 is 17.6 Å². The molecule has 1 rings (SSSR count). The fourth-order valence-corrected chi connectivity index (χ4v) is 2.53. The highest BCUT2D eigenvalue weighted by Crippen LogP contribution is 2.28. The second-order valence-electron chi connectivity index (χ2n) is 5.65. The van der Waals surface area contributed by atoms with Gasteiger partial charge in [-0.2, -0.15) is 0 Å². The smallest absolute Gasteiger partial charge is 0.134 e. The van der Waals surface area contributed by atoms with E-state index in [0.717, 1.165) is 35.4 Å². The third-order valence-electron chi connectivity index (χ3n) is 2.73. The van der Waals surface area contributed by atoms with Crippen molar-refractivity contribution in [3.63, 3.8) is 0 Å². The van der Waals surface area contributed by atoms with Gasteiger partial charge in [-0.25, -0.2) is 9.97 Å². The molecule has 0 radical (unpaired) electrons. The van der Waals surface area contributed by atoms with E-state index in [-0.39, 0.29) is 0 Å². The molecular weight excluding hydrogens is 254 g/mol. The lowest BCUT2D eigenvalue weighted by Gasteiger charge is -2.15. The molecule has 1 aromatic rings. The second kappa shape index (κ2) is 7.73. The standard InChI is InChI=1S/C15H27N3S/c1-7-8-16-14-12(6)15(19-9-10(2)3)18-13(17-14)11(4)5/h10-11H,7-9H2,1-6H3,(H,16,17,18). The Morgan fingerprint density at radius 1 is 1.16 bits per heavy atom. The summed E-state index contributed by atoms with van der Waals surface area (Å²) in [6, 6.07) is 0. The fourth-order valence-electron chi connectivity index (χ4n) is 1.57. The van der Waals surface area contributed by atoms with Crippen LogP contribution in [0.1, 0.15) is 58.3 Å². The predicted molar refractivity (Wildman–Crippen MR) is 85.2 cm³/mol. The number of aromatic nitrogens is 2. The third kappa shape index (κ3) is 5.01. The molecule has 0 aliphatic rings. The Bertz CT molecular complexity index is 403. The average Bonchev–Trinajstić information content (AvgIpc) is 2.35. The van der Waals surface area contributed by atoms with Crippen molar-refractivity contribution in [1.82, 2.24) is 9.97 Å². The zero-order chi connectivity index (χ0) is 14.4. The highest BCUT2D eigenvalue weighted by Gasteiger charge is 2.13. The van der Waals surface area contributed by atoms with Crippen molar-refractivity contribution in [3.8, 4) is 0 Å². The topological polar surface area (TPSA) is 37.8 Å². The molecule has 0 amide bonds. The minimum Gasteiger partial charge on any atom is -0.370 e. The zero-order valence-electron chi connectivity index (χ0n) is 13.1. The first-order chi connectivity index (χ1) is 8.95. The molecule has 4 heteroatoms. The minimum atomic E-state index is 0.362. The molecule has 0 aromatic carbocycles. The van der Waals surface area contributed by atoms with Crippen molar-refractivity contribution in [2.24, 2.45) is 5.92 Å². The molecule has 0 saturated carbocycles. The van der Waals surface area contributed by atoms with Crippen LogP contribution < -0.4 is 5.32 Å². The number of anilines is 1. The van der Waals surface area contributed by atoms with Gasteiger partial charge in [0, 0.05) is 23.8 Å². The van der Waals surface area contributed by atoms with Gasteiger partial charge in [0.25, 0.3) is 0 Å². The lowest BCUT2D eigenvalue weighted by atomic mass is 10.2. The molecule has 0 bridgehead atoms. The zero-order valence-corrected chi connectivity index (χ0v) is 13.9. The van der Waals surface area contributed by atoms with Crippen molar-refractivity contribution in [2.45, 2.75) is 58.9 Å². The van der Waals surface area contributed by atoms with Crippen LogP contribution in [0.2, 0.25) is 0 Å². The predicted octanol–water partition coefficient (Wildman–Crippen LogP) is 4.48. The molecule has 0 spiro atoms. The molecule has 0 aliphatic heterocycles. The number of nitrogens with zero attached hydrogens (tertiary/aromatic N) is 2. The summed E-state index contributed by atoms with van der Waals surface area (Å²) < 4.78 is 0. The van der Waals surface area contributed by atoms with Gasteiger partial charge in [-0.15, -0.1) is 11.8 Å². The van der Waals surface area contributed by atoms with Crippen LogP contribution in [0.5, 0.6) is 0 Å². The molecule has 0 unspecified atom stereocenters. The van der Waals surface area contributed by atoms with E-state index >= 15 is 0 Å². The first-order valence-electron chi connectivity index (χ1n) is 7.20. The molecule has 3 nitrogen and oxygen atoms in total. The Hall–Kier alpha value is -0.770. The summed E-state index contributed by atoms with van der Waals surface area (Å²) >= 11 is 1.84. The van der Waals surface area contributed by atoms with Gasteiger partial charge in [0.1, 0.15) is 16.7 Å². The van der Waals surface area contributed by atoms with Gasteiger partial charge >= 0.3 is 0 Å². The summed E-state index contributed by atoms with van der Waals surface area (Å²) in [5, 5.41) is 4.55. The maximum Gasteiger partial charge on any atom is 0.134 e. The van der Waals surface area contributed by atoms with Gasteiger partial charge in [0.2, 0.25) is 0 Å². The summed E-state index contributed by atoms with van der Waals surface area (Å²) in [6.45, 7) is 14.0. The van der Waals surface area contributed by atoms with Gasteiger partial charge in [-0.1, -0.05) is 34.6 Å². The van der Waals surface area contributed by atoms with Crippen molar-refractivity contribution in [2.75, 3.05) is 17.6 Å². The molecule has 1 N–H and O–H groups in total. The summed E-state index contributed by atoms with van der Waals surface area (Å²) in [6.07, 6.45) is 1.11. The molecule has 0 atom stereocenters. The summed E-state index contributed by atoms with van der Waals surface area (Å²) in [5.74, 6) is 4.08. The first-order valence-corrected chi connectivity index (χ1v) is 8.19. The van der Waals surface area contributed by atoms with Crippen molar-refractivity contribution in [1.29, 1.82) is 0 Å². The van der Waals surface area contributed by atoms with E-state index in [1.165, 1.54) is 5.56 Å². The summed E-state index contributed by atoms with van der Waals surface area (Å²) in [7, 11) is 0. The van der Waals surface area contributed by atoms with Crippen LogP contribution in [0.4, 0.5) is 5.82 Å². The molecule has 19 heavy (non-hydrogen) atoms. The largest absolute Gasteiger partial charge is 0.370 e. The second-order valence-corrected chi connectivity index (χ2v) is 6.66. The van der Waals surface area contributed by atoms with E-state index in [0.29, 0.717) is 11.8 Å². The number of rotatable bonds is 7. The lowest BCUT2D eigenvalue weighted by molar-refractivity contribution is 0.736. The monoisotopic (exact) mass is 281 g/mol. The van der Waals surface area contributed by atoms with Gasteiger partial charge in [-0.05, 0) is 19.3 Å². The molecular formula is C15H27N3S. The molecule has 0 saturated heterocycles. The van der Waals surface area contributed by atoms with E-state index in [9.17, 15) is 0 Å². The lowest BCUT2D eigenvalue weighted by Crippen LogP contribution is -2.10. The van der Waals surface area contributed by atoms with Gasteiger partial charge in [-0.3, -0.25) is 0 Å². The van der Waals surface area contributed by atoms with Gasteiger partial charge < -0.3 is 5.32 Å². The van der Waals surface area contributed by atoms with E-state index in [1.807, 2.05) is 11.8 Å². The van der Waals surface area contributed by atoms with Crippen LogP contribution in [0.15, 0.2) is 5.03 Å². The molecule has 108 valence electrons. The number of hydrogen-bond acceptors (Lipinski definition) is 4. The molecule has 1 heterocycles. The molecule has 0 aliphatic carbocycles. The fraction of sp³-hybridized carbons (Fsp3) is 0.733. The van der Waals surface area contributed by atoms with Crippen LogP contribution in [0.25, 0.3) is 0 Å². The van der Waals surface area contributed by atoms with Crippen LogP contribution in [0, 0.1) is 12.8 Å². The molecule has 1 aromatic heterocycles. The van der Waals surface area contributed by atoms with Crippen LogP contribution in [-0.4, -0.2) is 22.3 Å². The van der Waals surface area contributed by atoms with E-state index < -0.39 is 0 Å². The third-order valence-corrected chi connectivity index (χ3v) is 4.23. The average molecular weight is 281 g/mol. The minimum absolute atomic E-state index is 0.362. The Balaban J connectivity index is 3.02. The van der Waals surface area contributed by atoms with Crippen LogP contribution >= 0.6 is 11.8 Å². The van der Waals surface area contributed by atoms with Crippen LogP contribution in [-0.2, 0) is 0 Å². The van der Waals surface area contributed by atoms with Crippen LogP contribution in [0.3, 0.4) is 0 Å². The van der Waals surface area contributed by atoms with E-state index in [1.54, 1.807) is 0 Å². The van der Waals surface area contributed by atoms with Crippen molar-refractivity contribution in [3.05, 3.63) is 11.4 Å². The first kappa shape index (κ1) is 16.3. The van der Waals surface area contributed by atoms with E-state index in [2.05, 4.69) is 51.8 Å². The molecule has 0 fully saturated rings. The number of hydrogen-bond donors (Lipinski definition) is 1.